The van der Waals surface area contributed by atoms with Gasteiger partial charge in [0.15, 0.2) is 0 Å². The van der Waals surface area contributed by atoms with Crippen LogP contribution in [0.5, 0.6) is 0 Å². The summed E-state index contributed by atoms with van der Waals surface area (Å²) in [5, 5.41) is 33.8. The molecule has 0 spiro atoms. The van der Waals surface area contributed by atoms with Crippen LogP contribution >= 0.6 is 31.9 Å². The number of aliphatic hydroxyl groups excluding tert-OH is 2. The normalized spacial score (nSPS) is 11.8. The predicted octanol–water partition coefficient (Wildman–Crippen LogP) is 4.04. The lowest BCUT2D eigenvalue weighted by atomic mass is 10.2. The third kappa shape index (κ3) is 9.67. The molecule has 2 aromatic rings. The molecular formula is C18H20Br2O6. The largest absolute Gasteiger partial charge is 0.478 e. The highest BCUT2D eigenvalue weighted by molar-refractivity contribution is 9.10. The van der Waals surface area contributed by atoms with Gasteiger partial charge in [-0.15, -0.1) is 0 Å². The second kappa shape index (κ2) is 12.6. The van der Waals surface area contributed by atoms with Crippen molar-refractivity contribution in [3.05, 3.63) is 68.6 Å². The molecule has 0 fully saturated rings. The number of hydrogen-bond donors (Lipinski definition) is 4. The number of aromatic carboxylic acids is 2. The van der Waals surface area contributed by atoms with Crippen molar-refractivity contribution in [1.29, 1.82) is 0 Å². The van der Waals surface area contributed by atoms with Crippen LogP contribution in [0.3, 0.4) is 0 Å². The van der Waals surface area contributed by atoms with Crippen LogP contribution in [-0.4, -0.2) is 44.6 Å². The Labute approximate surface area is 168 Å². The molecule has 0 saturated heterocycles. The van der Waals surface area contributed by atoms with Gasteiger partial charge in [-0.3, -0.25) is 0 Å². The minimum Gasteiger partial charge on any atom is -0.478 e. The van der Waals surface area contributed by atoms with Crippen LogP contribution in [0, 0.1) is 0 Å². The summed E-state index contributed by atoms with van der Waals surface area (Å²) in [6.45, 7) is 3.09. The molecule has 0 amide bonds. The molecule has 26 heavy (non-hydrogen) atoms. The summed E-state index contributed by atoms with van der Waals surface area (Å²) in [7, 11) is 0. The van der Waals surface area contributed by atoms with Crippen LogP contribution in [0.25, 0.3) is 0 Å². The van der Waals surface area contributed by atoms with E-state index in [-0.39, 0.29) is 0 Å². The lowest BCUT2D eigenvalue weighted by Gasteiger charge is -2.03. The van der Waals surface area contributed by atoms with E-state index in [0.29, 0.717) is 20.1 Å². The van der Waals surface area contributed by atoms with Crippen molar-refractivity contribution in [3.63, 3.8) is 0 Å². The molecule has 0 aliphatic heterocycles. The van der Waals surface area contributed by atoms with E-state index < -0.39 is 24.1 Å². The molecule has 0 bridgehead atoms. The van der Waals surface area contributed by atoms with E-state index in [1.165, 1.54) is 0 Å². The number of halogens is 2. The predicted molar refractivity (Wildman–Crippen MR) is 106 cm³/mol. The van der Waals surface area contributed by atoms with Crippen molar-refractivity contribution in [2.24, 2.45) is 0 Å². The summed E-state index contributed by atoms with van der Waals surface area (Å²) in [6, 6.07) is 13.4. The van der Waals surface area contributed by atoms with Crippen LogP contribution in [0.1, 0.15) is 34.6 Å². The molecule has 0 aromatic heterocycles. The standard InChI is InChI=1S/2C7H5BrO2.C4H10O2/c2*8-6-4-2-1-3-5(6)7(9)10;1-3(5)4(2)6/h2*1-4H,(H,9,10);3-6H,1-2H3. The van der Waals surface area contributed by atoms with Crippen molar-refractivity contribution in [2.75, 3.05) is 0 Å². The minimum absolute atomic E-state index is 0.294. The van der Waals surface area contributed by atoms with Crippen LogP contribution in [0.2, 0.25) is 0 Å². The molecular weight excluding hydrogens is 472 g/mol. The minimum atomic E-state index is -0.910. The third-order valence-corrected chi connectivity index (χ3v) is 4.29. The first-order valence-corrected chi connectivity index (χ1v) is 8.98. The second-order valence-corrected chi connectivity index (χ2v) is 6.76. The molecule has 2 unspecified atom stereocenters. The van der Waals surface area contributed by atoms with Gasteiger partial charge >= 0.3 is 11.9 Å². The maximum atomic E-state index is 10.4. The number of carboxylic acids is 2. The summed E-state index contributed by atoms with van der Waals surface area (Å²) in [5.41, 5.74) is 0.588. The summed E-state index contributed by atoms with van der Waals surface area (Å²) >= 11 is 6.23. The lowest BCUT2D eigenvalue weighted by molar-refractivity contribution is 0.0438. The van der Waals surface area contributed by atoms with Gasteiger partial charge in [-0.05, 0) is 70.0 Å². The summed E-state index contributed by atoms with van der Waals surface area (Å²) in [6.07, 6.45) is -1.19. The highest BCUT2D eigenvalue weighted by Crippen LogP contribution is 2.15. The molecule has 0 aliphatic rings. The molecule has 2 aromatic carbocycles. The lowest BCUT2D eigenvalue weighted by Crippen LogP contribution is -2.17. The highest BCUT2D eigenvalue weighted by atomic mass is 79.9. The second-order valence-electron chi connectivity index (χ2n) is 5.05. The average molecular weight is 492 g/mol. The van der Waals surface area contributed by atoms with E-state index in [2.05, 4.69) is 31.9 Å². The van der Waals surface area contributed by atoms with Crippen molar-refractivity contribution in [2.45, 2.75) is 26.1 Å². The summed E-state index contributed by atoms with van der Waals surface area (Å²) < 4.78 is 1.23. The van der Waals surface area contributed by atoms with Gasteiger partial charge in [-0.2, -0.15) is 0 Å². The Morgan fingerprint density at radius 1 is 0.731 bits per heavy atom. The molecule has 0 aliphatic carbocycles. The number of aliphatic hydroxyl groups is 2. The summed E-state index contributed by atoms with van der Waals surface area (Å²) in [5.74, 6) is -1.82. The van der Waals surface area contributed by atoms with Gasteiger partial charge in [-0.1, -0.05) is 24.3 Å². The maximum Gasteiger partial charge on any atom is 0.336 e. The molecule has 2 rings (SSSR count). The number of carboxylic acid groups (broad SMARTS) is 2. The van der Waals surface area contributed by atoms with Gasteiger partial charge in [0.25, 0.3) is 0 Å². The zero-order chi connectivity index (χ0) is 20.3. The Morgan fingerprint density at radius 3 is 1.15 bits per heavy atom. The fraction of sp³-hybridized carbons (Fsp3) is 0.222. The van der Waals surface area contributed by atoms with E-state index >= 15 is 0 Å². The number of benzene rings is 2. The first kappa shape index (κ1) is 24.3. The van der Waals surface area contributed by atoms with Gasteiger partial charge in [0.1, 0.15) is 0 Å². The van der Waals surface area contributed by atoms with Gasteiger partial charge in [-0.25, -0.2) is 9.59 Å². The smallest absolute Gasteiger partial charge is 0.336 e. The quantitative estimate of drug-likeness (QED) is 0.515. The SMILES string of the molecule is CC(O)C(C)O.O=C(O)c1ccccc1Br.O=C(O)c1ccccc1Br. The van der Waals surface area contributed by atoms with Crippen molar-refractivity contribution >= 4 is 43.8 Å². The average Bonchev–Trinajstić information content (AvgIpc) is 2.56. The Bertz CT molecular complexity index is 655. The van der Waals surface area contributed by atoms with Gasteiger partial charge in [0.2, 0.25) is 0 Å². The fourth-order valence-corrected chi connectivity index (χ4v) is 2.18. The molecule has 2 atom stereocenters. The van der Waals surface area contributed by atoms with Crippen molar-refractivity contribution < 1.29 is 30.0 Å². The van der Waals surface area contributed by atoms with Crippen molar-refractivity contribution in [1.82, 2.24) is 0 Å². The Hall–Kier alpha value is -1.74. The Balaban J connectivity index is 0.000000375. The summed E-state index contributed by atoms with van der Waals surface area (Å²) in [4.78, 5) is 20.8. The molecule has 0 saturated carbocycles. The van der Waals surface area contributed by atoms with E-state index in [4.69, 9.17) is 20.4 Å². The van der Waals surface area contributed by atoms with E-state index in [1.807, 2.05) is 0 Å². The fourth-order valence-electron chi connectivity index (χ4n) is 1.27. The Morgan fingerprint density at radius 2 is 1.00 bits per heavy atom. The van der Waals surface area contributed by atoms with Crippen LogP contribution < -0.4 is 0 Å². The third-order valence-electron chi connectivity index (χ3n) is 2.91. The van der Waals surface area contributed by atoms with Gasteiger partial charge in [0, 0.05) is 8.95 Å². The molecule has 4 N–H and O–H groups in total. The molecule has 0 radical (unpaired) electrons. The van der Waals surface area contributed by atoms with E-state index in [0.717, 1.165) is 0 Å². The van der Waals surface area contributed by atoms with Crippen LogP contribution in [0.15, 0.2) is 57.5 Å². The monoisotopic (exact) mass is 490 g/mol. The number of carbonyl (C=O) groups is 2. The Kier molecular flexibility index (Phi) is 11.7. The van der Waals surface area contributed by atoms with Crippen molar-refractivity contribution in [3.8, 4) is 0 Å². The van der Waals surface area contributed by atoms with Gasteiger partial charge in [0.05, 0.1) is 23.3 Å². The zero-order valence-corrected chi connectivity index (χ0v) is 17.3. The van der Waals surface area contributed by atoms with Crippen LogP contribution in [-0.2, 0) is 0 Å². The van der Waals surface area contributed by atoms with Crippen LogP contribution in [0.4, 0.5) is 0 Å². The van der Waals surface area contributed by atoms with Gasteiger partial charge < -0.3 is 20.4 Å². The topological polar surface area (TPSA) is 115 Å². The maximum absolute atomic E-state index is 10.4. The first-order valence-electron chi connectivity index (χ1n) is 7.39. The molecule has 142 valence electrons. The highest BCUT2D eigenvalue weighted by Gasteiger charge is 2.05. The molecule has 8 heteroatoms. The van der Waals surface area contributed by atoms with E-state index in [1.54, 1.807) is 62.4 Å². The number of rotatable bonds is 3. The zero-order valence-electron chi connectivity index (χ0n) is 14.1. The first-order chi connectivity index (χ1) is 12.1. The molecule has 0 heterocycles. The van der Waals surface area contributed by atoms with E-state index in [9.17, 15) is 9.59 Å². The number of hydrogen-bond acceptors (Lipinski definition) is 4. The molecule has 6 nitrogen and oxygen atoms in total.